The normalized spacial score (nSPS) is 10.7. The predicted molar refractivity (Wildman–Crippen MR) is 148 cm³/mol. The number of carbonyl (C=O) groups excluding carboxylic acids is 1. The van der Waals surface area contributed by atoms with Crippen LogP contribution >= 0.6 is 11.8 Å². The highest BCUT2D eigenvalue weighted by Crippen LogP contribution is 2.21. The molecule has 0 unspecified atom stereocenters. The Labute approximate surface area is 220 Å². The summed E-state index contributed by atoms with van der Waals surface area (Å²) in [6.07, 6.45) is 2.42. The Bertz CT molecular complexity index is 1390. The lowest BCUT2D eigenvalue weighted by molar-refractivity contribution is -0.121. The molecule has 0 saturated heterocycles. The van der Waals surface area contributed by atoms with Crippen LogP contribution in [0.4, 0.5) is 11.6 Å². The Morgan fingerprint density at radius 3 is 2.49 bits per heavy atom. The zero-order valence-electron chi connectivity index (χ0n) is 20.7. The van der Waals surface area contributed by atoms with Crippen LogP contribution in [0.5, 0.6) is 0 Å². The van der Waals surface area contributed by atoms with E-state index in [2.05, 4.69) is 20.6 Å². The lowest BCUT2D eigenvalue weighted by atomic mass is 10.1. The van der Waals surface area contributed by atoms with Crippen LogP contribution < -0.4 is 21.9 Å². The summed E-state index contributed by atoms with van der Waals surface area (Å²) in [5, 5.41) is 6.04. The predicted octanol–water partition coefficient (Wildman–Crippen LogP) is 3.79. The number of anilines is 2. The Balaban J connectivity index is 1.48. The van der Waals surface area contributed by atoms with Crippen molar-refractivity contribution in [1.29, 1.82) is 0 Å². The summed E-state index contributed by atoms with van der Waals surface area (Å²) in [6, 6.07) is 23.5. The zero-order valence-corrected chi connectivity index (χ0v) is 21.5. The first-order chi connectivity index (χ1) is 18.0. The van der Waals surface area contributed by atoms with E-state index in [4.69, 9.17) is 5.73 Å². The van der Waals surface area contributed by atoms with Crippen molar-refractivity contribution >= 4 is 29.3 Å². The summed E-state index contributed by atoms with van der Waals surface area (Å²) in [5.74, 6) is 0.899. The third kappa shape index (κ3) is 7.44. The molecule has 8 nitrogen and oxygen atoms in total. The molecule has 0 aliphatic heterocycles. The number of hydrogen-bond acceptors (Lipinski definition) is 7. The van der Waals surface area contributed by atoms with Gasteiger partial charge in [0.1, 0.15) is 12.4 Å². The number of nitrogens with two attached hydrogens (primary N) is 1. The van der Waals surface area contributed by atoms with Gasteiger partial charge in [0, 0.05) is 35.6 Å². The summed E-state index contributed by atoms with van der Waals surface area (Å²) in [4.78, 5) is 36.0. The van der Waals surface area contributed by atoms with E-state index >= 15 is 0 Å². The fourth-order valence-electron chi connectivity index (χ4n) is 3.77. The molecular formula is C28H30N6O2S. The number of nitrogen functional groups attached to an aromatic ring is 1. The van der Waals surface area contributed by atoms with Crippen LogP contribution in [0.2, 0.25) is 0 Å². The number of hydrogen-bond donors (Lipinski definition) is 3. The van der Waals surface area contributed by atoms with Crippen LogP contribution in [0.1, 0.15) is 22.5 Å². The molecule has 4 aromatic rings. The van der Waals surface area contributed by atoms with Crippen LogP contribution in [-0.4, -0.2) is 27.0 Å². The molecule has 0 radical (unpaired) electrons. The molecule has 0 aliphatic rings. The van der Waals surface area contributed by atoms with E-state index in [1.54, 1.807) is 24.0 Å². The molecule has 0 spiro atoms. The molecule has 9 heteroatoms. The van der Waals surface area contributed by atoms with Crippen LogP contribution in [0.15, 0.2) is 88.7 Å². The van der Waals surface area contributed by atoms with Crippen molar-refractivity contribution in [2.75, 3.05) is 17.6 Å². The van der Waals surface area contributed by atoms with Gasteiger partial charge in [-0.1, -0.05) is 54.6 Å². The Hall–Kier alpha value is -4.11. The Morgan fingerprint density at radius 2 is 1.76 bits per heavy atom. The molecule has 190 valence electrons. The van der Waals surface area contributed by atoms with E-state index in [0.29, 0.717) is 30.4 Å². The van der Waals surface area contributed by atoms with Crippen molar-refractivity contribution < 1.29 is 4.79 Å². The molecule has 1 amide bonds. The molecule has 0 saturated carbocycles. The van der Waals surface area contributed by atoms with Crippen LogP contribution in [0.25, 0.3) is 0 Å². The van der Waals surface area contributed by atoms with Crippen molar-refractivity contribution in [3.63, 3.8) is 0 Å². The highest BCUT2D eigenvalue weighted by molar-refractivity contribution is 7.98. The summed E-state index contributed by atoms with van der Waals surface area (Å²) in [7, 11) is 0. The number of nitrogens with zero attached hydrogens (tertiary/aromatic N) is 3. The maximum Gasteiger partial charge on any atom is 0.294 e. The van der Waals surface area contributed by atoms with Crippen molar-refractivity contribution in [2.24, 2.45) is 0 Å². The van der Waals surface area contributed by atoms with Crippen LogP contribution in [-0.2, 0) is 30.1 Å². The minimum Gasteiger partial charge on any atom is -0.384 e. The van der Waals surface area contributed by atoms with Crippen molar-refractivity contribution in [1.82, 2.24) is 19.9 Å². The SMILES string of the molecule is Cc1nc(N)ccc1CNC(=O)Cn1c(CSc2ccccc2)cnc(NCCc2ccccc2)c1=O. The maximum absolute atomic E-state index is 13.4. The second-order valence-corrected chi connectivity index (χ2v) is 9.56. The van der Waals surface area contributed by atoms with Gasteiger partial charge in [0.25, 0.3) is 5.56 Å². The van der Waals surface area contributed by atoms with E-state index in [1.165, 1.54) is 4.57 Å². The van der Waals surface area contributed by atoms with E-state index in [1.807, 2.05) is 73.7 Å². The number of pyridine rings is 1. The van der Waals surface area contributed by atoms with E-state index in [-0.39, 0.29) is 23.8 Å². The molecule has 37 heavy (non-hydrogen) atoms. The fraction of sp³-hybridized carbons (Fsp3) is 0.214. The van der Waals surface area contributed by atoms with Gasteiger partial charge in [0.2, 0.25) is 5.91 Å². The summed E-state index contributed by atoms with van der Waals surface area (Å²) >= 11 is 1.59. The lowest BCUT2D eigenvalue weighted by Gasteiger charge is -2.15. The summed E-state index contributed by atoms with van der Waals surface area (Å²) in [5.41, 5.74) is 8.86. The molecule has 0 fully saturated rings. The van der Waals surface area contributed by atoms with Gasteiger partial charge in [-0.25, -0.2) is 9.97 Å². The number of thioether (sulfide) groups is 1. The van der Waals surface area contributed by atoms with Crippen LogP contribution in [0.3, 0.4) is 0 Å². The van der Waals surface area contributed by atoms with Crippen molar-refractivity contribution in [3.8, 4) is 0 Å². The van der Waals surface area contributed by atoms with Crippen molar-refractivity contribution in [2.45, 2.75) is 37.1 Å². The van der Waals surface area contributed by atoms with Crippen molar-refractivity contribution in [3.05, 3.63) is 112 Å². The minimum absolute atomic E-state index is 0.110. The quantitative estimate of drug-likeness (QED) is 0.261. The van der Waals surface area contributed by atoms with Gasteiger partial charge in [-0.3, -0.25) is 14.2 Å². The topological polar surface area (TPSA) is 115 Å². The second kappa shape index (κ2) is 12.7. The summed E-state index contributed by atoms with van der Waals surface area (Å²) < 4.78 is 1.50. The number of amides is 1. The largest absolute Gasteiger partial charge is 0.384 e. The molecule has 4 N–H and O–H groups in total. The molecule has 2 heterocycles. The number of aromatic nitrogens is 3. The molecule has 0 aliphatic carbocycles. The molecule has 0 bridgehead atoms. The highest BCUT2D eigenvalue weighted by Gasteiger charge is 2.14. The zero-order chi connectivity index (χ0) is 26.0. The molecule has 0 atom stereocenters. The number of aryl methyl sites for hydroxylation is 1. The molecule has 4 rings (SSSR count). The average Bonchev–Trinajstić information content (AvgIpc) is 2.91. The fourth-order valence-corrected chi connectivity index (χ4v) is 4.66. The first-order valence-electron chi connectivity index (χ1n) is 12.0. The highest BCUT2D eigenvalue weighted by atomic mass is 32.2. The van der Waals surface area contributed by atoms with Gasteiger partial charge < -0.3 is 16.4 Å². The Morgan fingerprint density at radius 1 is 1.03 bits per heavy atom. The number of carbonyl (C=O) groups is 1. The van der Waals surface area contributed by atoms with Crippen LogP contribution in [0, 0.1) is 6.92 Å². The van der Waals surface area contributed by atoms with Gasteiger partial charge in [-0.2, -0.15) is 0 Å². The third-order valence-corrected chi connectivity index (χ3v) is 6.86. The second-order valence-electron chi connectivity index (χ2n) is 8.51. The number of nitrogens with one attached hydrogen (secondary N) is 2. The first kappa shape index (κ1) is 26.0. The minimum atomic E-state index is -0.320. The average molecular weight is 515 g/mol. The Kier molecular flexibility index (Phi) is 8.93. The van der Waals surface area contributed by atoms with E-state index in [9.17, 15) is 9.59 Å². The van der Waals surface area contributed by atoms with Gasteiger partial charge in [0.05, 0.1) is 5.69 Å². The molecule has 2 aromatic heterocycles. The van der Waals surface area contributed by atoms with E-state index < -0.39 is 0 Å². The van der Waals surface area contributed by atoms with Gasteiger partial charge in [-0.05, 0) is 42.7 Å². The monoisotopic (exact) mass is 514 g/mol. The summed E-state index contributed by atoms with van der Waals surface area (Å²) in [6.45, 7) is 2.59. The smallest absolute Gasteiger partial charge is 0.294 e. The van der Waals surface area contributed by atoms with Gasteiger partial charge in [0.15, 0.2) is 5.82 Å². The number of benzene rings is 2. The maximum atomic E-state index is 13.4. The standard InChI is InChI=1S/C28H30N6O2S/c1-20-22(12-13-25(29)33-20)16-31-26(35)18-34-23(19-37-24-10-6-3-7-11-24)17-32-27(28(34)36)30-15-14-21-8-4-2-5-9-21/h2-13,17H,14-16,18-19H2,1H3,(H2,29,33)(H,30,32)(H,31,35). The van der Waals surface area contributed by atoms with Gasteiger partial charge in [-0.15, -0.1) is 11.8 Å². The van der Waals surface area contributed by atoms with Gasteiger partial charge >= 0.3 is 0 Å². The third-order valence-electron chi connectivity index (χ3n) is 5.81. The first-order valence-corrected chi connectivity index (χ1v) is 13.0. The molecular weight excluding hydrogens is 484 g/mol. The number of rotatable bonds is 11. The van der Waals surface area contributed by atoms with E-state index in [0.717, 1.165) is 28.1 Å². The molecule has 2 aromatic carbocycles. The lowest BCUT2D eigenvalue weighted by Crippen LogP contribution is -2.35.